The van der Waals surface area contributed by atoms with Crippen LogP contribution in [0.25, 0.3) is 10.9 Å². The molecule has 4 nitrogen and oxygen atoms in total. The second-order valence-corrected chi connectivity index (χ2v) is 6.55. The van der Waals surface area contributed by atoms with Crippen LogP contribution in [-0.4, -0.2) is 41.5 Å². The van der Waals surface area contributed by atoms with Crippen molar-refractivity contribution in [1.29, 1.82) is 0 Å². The molecule has 0 radical (unpaired) electrons. The Morgan fingerprint density at radius 2 is 2.09 bits per heavy atom. The van der Waals surface area contributed by atoms with Gasteiger partial charge in [-0.2, -0.15) is 0 Å². The first-order chi connectivity index (χ1) is 10.7. The second kappa shape index (κ2) is 5.36. The highest BCUT2D eigenvalue weighted by Gasteiger charge is 2.35. The molecule has 3 fully saturated rings. The van der Waals surface area contributed by atoms with Crippen LogP contribution < -0.4 is 5.32 Å². The van der Waals surface area contributed by atoms with Gasteiger partial charge in [-0.1, -0.05) is 12.1 Å². The highest BCUT2D eigenvalue weighted by molar-refractivity contribution is 6.06. The molecule has 0 aliphatic carbocycles. The summed E-state index contributed by atoms with van der Waals surface area (Å²) in [4.78, 5) is 19.6. The van der Waals surface area contributed by atoms with Crippen LogP contribution in [0.1, 0.15) is 28.8 Å². The zero-order valence-corrected chi connectivity index (χ0v) is 12.9. The molecule has 22 heavy (non-hydrogen) atoms. The molecule has 3 saturated heterocycles. The summed E-state index contributed by atoms with van der Waals surface area (Å²) in [6.45, 7) is 5.42. The molecule has 4 heterocycles. The van der Waals surface area contributed by atoms with Gasteiger partial charge in [-0.15, -0.1) is 0 Å². The summed E-state index contributed by atoms with van der Waals surface area (Å²) in [6.07, 6.45) is 4.19. The van der Waals surface area contributed by atoms with Crippen molar-refractivity contribution in [3.63, 3.8) is 0 Å². The summed E-state index contributed by atoms with van der Waals surface area (Å²) >= 11 is 0. The van der Waals surface area contributed by atoms with Gasteiger partial charge < -0.3 is 10.2 Å². The quantitative estimate of drug-likeness (QED) is 0.925. The van der Waals surface area contributed by atoms with Gasteiger partial charge in [0.1, 0.15) is 0 Å². The SMILES string of the molecule is Cc1ccnc2c(C(=O)NC3CN4CCC3CC4)cccc12. The molecule has 5 rings (SSSR count). The van der Waals surface area contributed by atoms with Crippen molar-refractivity contribution in [2.45, 2.75) is 25.8 Å². The Hall–Kier alpha value is -1.94. The van der Waals surface area contributed by atoms with Crippen molar-refractivity contribution in [3.05, 3.63) is 41.6 Å². The molecule has 0 saturated carbocycles. The number of fused-ring (bicyclic) bond motifs is 4. The molecule has 3 aliphatic rings. The van der Waals surface area contributed by atoms with E-state index in [1.54, 1.807) is 6.20 Å². The minimum atomic E-state index is 0.0162. The summed E-state index contributed by atoms with van der Waals surface area (Å²) in [5.74, 6) is 0.654. The summed E-state index contributed by atoms with van der Waals surface area (Å²) in [5.41, 5.74) is 2.65. The molecule has 2 bridgehead atoms. The van der Waals surface area contributed by atoms with E-state index in [-0.39, 0.29) is 11.9 Å². The van der Waals surface area contributed by atoms with Crippen LogP contribution >= 0.6 is 0 Å². The molecule has 4 heteroatoms. The summed E-state index contributed by atoms with van der Waals surface area (Å²) in [5, 5.41) is 4.32. The fraction of sp³-hybridized carbons (Fsp3) is 0.444. The largest absolute Gasteiger partial charge is 0.348 e. The number of para-hydroxylation sites is 1. The van der Waals surface area contributed by atoms with Gasteiger partial charge in [0.15, 0.2) is 0 Å². The number of aromatic nitrogens is 1. The van der Waals surface area contributed by atoms with Crippen molar-refractivity contribution in [1.82, 2.24) is 15.2 Å². The zero-order valence-electron chi connectivity index (χ0n) is 12.9. The Balaban J connectivity index is 1.62. The van der Waals surface area contributed by atoms with Crippen LogP contribution in [-0.2, 0) is 0 Å². The van der Waals surface area contributed by atoms with E-state index >= 15 is 0 Å². The van der Waals surface area contributed by atoms with E-state index in [2.05, 4.69) is 22.1 Å². The Morgan fingerprint density at radius 1 is 1.27 bits per heavy atom. The van der Waals surface area contributed by atoms with Gasteiger partial charge in [-0.25, -0.2) is 0 Å². The lowest BCUT2D eigenvalue weighted by Crippen LogP contribution is -2.57. The van der Waals surface area contributed by atoms with E-state index in [0.717, 1.165) is 23.0 Å². The van der Waals surface area contributed by atoms with Crippen molar-refractivity contribution >= 4 is 16.8 Å². The molecule has 1 aromatic heterocycles. The predicted molar refractivity (Wildman–Crippen MR) is 86.9 cm³/mol. The number of aryl methyl sites for hydroxylation is 1. The van der Waals surface area contributed by atoms with E-state index in [4.69, 9.17) is 0 Å². The number of nitrogens with zero attached hydrogens (tertiary/aromatic N) is 2. The molecule has 1 unspecified atom stereocenters. The van der Waals surface area contributed by atoms with Crippen LogP contribution in [0.3, 0.4) is 0 Å². The maximum absolute atomic E-state index is 12.7. The fourth-order valence-corrected chi connectivity index (χ4v) is 3.87. The first-order valence-corrected chi connectivity index (χ1v) is 8.10. The van der Waals surface area contributed by atoms with E-state index in [9.17, 15) is 4.79 Å². The number of hydrogen-bond donors (Lipinski definition) is 1. The highest BCUT2D eigenvalue weighted by atomic mass is 16.1. The average Bonchev–Trinajstić information content (AvgIpc) is 2.56. The minimum Gasteiger partial charge on any atom is -0.348 e. The van der Waals surface area contributed by atoms with Crippen LogP contribution in [0.2, 0.25) is 0 Å². The molecule has 1 atom stereocenters. The molecular formula is C18H21N3O. The van der Waals surface area contributed by atoms with Crippen LogP contribution in [0.15, 0.2) is 30.5 Å². The fourth-order valence-electron chi connectivity index (χ4n) is 3.87. The summed E-state index contributed by atoms with van der Waals surface area (Å²) in [7, 11) is 0. The minimum absolute atomic E-state index is 0.0162. The predicted octanol–water partition coefficient (Wildman–Crippen LogP) is 2.37. The molecule has 2 aromatic rings. The molecular weight excluding hydrogens is 274 g/mol. The van der Waals surface area contributed by atoms with Gasteiger partial charge in [-0.05, 0) is 56.5 Å². The first-order valence-electron chi connectivity index (χ1n) is 8.10. The van der Waals surface area contributed by atoms with Gasteiger partial charge >= 0.3 is 0 Å². The number of piperidine rings is 3. The number of hydrogen-bond acceptors (Lipinski definition) is 3. The van der Waals surface area contributed by atoms with E-state index < -0.39 is 0 Å². The van der Waals surface area contributed by atoms with Crippen LogP contribution in [0.4, 0.5) is 0 Å². The van der Waals surface area contributed by atoms with E-state index in [0.29, 0.717) is 11.5 Å². The van der Waals surface area contributed by atoms with E-state index in [1.807, 2.05) is 24.3 Å². The normalized spacial score (nSPS) is 27.0. The Kier molecular flexibility index (Phi) is 3.34. The van der Waals surface area contributed by atoms with Crippen LogP contribution in [0, 0.1) is 12.8 Å². The molecule has 1 aromatic carbocycles. The van der Waals surface area contributed by atoms with Crippen LogP contribution in [0.5, 0.6) is 0 Å². The number of carbonyl (C=O) groups is 1. The molecule has 1 N–H and O–H groups in total. The number of pyridine rings is 1. The molecule has 1 amide bonds. The molecule has 3 aliphatic heterocycles. The van der Waals surface area contributed by atoms with Crippen molar-refractivity contribution in [2.75, 3.05) is 19.6 Å². The Morgan fingerprint density at radius 3 is 2.82 bits per heavy atom. The maximum atomic E-state index is 12.7. The van der Waals surface area contributed by atoms with Crippen molar-refractivity contribution in [3.8, 4) is 0 Å². The smallest absolute Gasteiger partial charge is 0.253 e. The van der Waals surface area contributed by atoms with Gasteiger partial charge in [0.25, 0.3) is 5.91 Å². The third kappa shape index (κ3) is 2.28. The van der Waals surface area contributed by atoms with E-state index in [1.165, 1.54) is 25.9 Å². The standard InChI is InChI=1S/C18H21N3O/c1-12-5-8-19-17-14(12)3-2-4-15(17)18(22)20-16-11-21-9-6-13(16)7-10-21/h2-5,8,13,16H,6-7,9-11H2,1H3,(H,20,22). The molecule has 0 spiro atoms. The zero-order chi connectivity index (χ0) is 15.1. The van der Waals surface area contributed by atoms with Crippen molar-refractivity contribution in [2.24, 2.45) is 5.92 Å². The number of rotatable bonds is 2. The number of benzene rings is 1. The third-order valence-electron chi connectivity index (χ3n) is 5.21. The van der Waals surface area contributed by atoms with Crippen molar-refractivity contribution < 1.29 is 4.79 Å². The lowest BCUT2D eigenvalue weighted by atomic mass is 9.84. The molecule has 114 valence electrons. The van der Waals surface area contributed by atoms with Gasteiger partial charge in [-0.3, -0.25) is 9.78 Å². The van der Waals surface area contributed by atoms with Gasteiger partial charge in [0.05, 0.1) is 11.1 Å². The number of nitrogens with one attached hydrogen (secondary N) is 1. The Bertz CT molecular complexity index is 719. The topological polar surface area (TPSA) is 45.2 Å². The van der Waals surface area contributed by atoms with Gasteiger partial charge in [0, 0.05) is 24.2 Å². The first kappa shape index (κ1) is 13.7. The number of amides is 1. The second-order valence-electron chi connectivity index (χ2n) is 6.55. The summed E-state index contributed by atoms with van der Waals surface area (Å²) < 4.78 is 0. The van der Waals surface area contributed by atoms with Gasteiger partial charge in [0.2, 0.25) is 0 Å². The lowest BCUT2D eigenvalue weighted by Gasteiger charge is -2.44. The summed E-state index contributed by atoms with van der Waals surface area (Å²) in [6, 6.07) is 8.13. The average molecular weight is 295 g/mol. The third-order valence-corrected chi connectivity index (χ3v) is 5.21. The Labute approximate surface area is 130 Å². The highest BCUT2D eigenvalue weighted by Crippen LogP contribution is 2.28. The monoisotopic (exact) mass is 295 g/mol. The maximum Gasteiger partial charge on any atom is 0.253 e. The lowest BCUT2D eigenvalue weighted by molar-refractivity contribution is 0.0621. The number of carbonyl (C=O) groups excluding carboxylic acids is 1.